The molecule has 0 amide bonds. The minimum Gasteiger partial charge on any atom is -0.496 e. The van der Waals surface area contributed by atoms with Gasteiger partial charge in [0.1, 0.15) is 11.6 Å². The summed E-state index contributed by atoms with van der Waals surface area (Å²) in [6.45, 7) is 8.38. The third kappa shape index (κ3) is 3.43. The molecule has 0 aliphatic rings. The Hall–Kier alpha value is -2.29. The number of methoxy groups -OCH3 is 1. The molecule has 2 aromatic carbocycles. The van der Waals surface area contributed by atoms with Crippen molar-refractivity contribution in [3.63, 3.8) is 0 Å². The Balaban J connectivity index is 2.19. The highest BCUT2D eigenvalue weighted by molar-refractivity contribution is 5.57. The molecule has 0 bridgehead atoms. The lowest BCUT2D eigenvalue weighted by Gasteiger charge is -2.14. The molecule has 0 aliphatic carbocycles. The van der Waals surface area contributed by atoms with Crippen molar-refractivity contribution in [3.05, 3.63) is 65.0 Å². The van der Waals surface area contributed by atoms with Crippen LogP contribution in [0, 0.1) is 19.7 Å². The lowest BCUT2D eigenvalue weighted by atomic mass is 10.1. The van der Waals surface area contributed by atoms with E-state index in [0.29, 0.717) is 6.54 Å². The molecule has 0 radical (unpaired) electrons. The summed E-state index contributed by atoms with van der Waals surface area (Å²) in [5.41, 5.74) is 5.01. The zero-order valence-corrected chi connectivity index (χ0v) is 12.7. The SMILES string of the molecule is C=Cc1cc(F)ccc1CNc1cc(C)c(OC)c(C)c1. The molecule has 2 aromatic rings. The van der Waals surface area contributed by atoms with Crippen LogP contribution in [0.1, 0.15) is 22.3 Å². The van der Waals surface area contributed by atoms with Crippen LogP contribution in [0.4, 0.5) is 10.1 Å². The van der Waals surface area contributed by atoms with Crippen molar-refractivity contribution in [3.8, 4) is 5.75 Å². The maximum absolute atomic E-state index is 13.2. The maximum atomic E-state index is 13.2. The van der Waals surface area contributed by atoms with Crippen molar-refractivity contribution >= 4 is 11.8 Å². The zero-order chi connectivity index (χ0) is 15.4. The summed E-state index contributed by atoms with van der Waals surface area (Å²) in [6.07, 6.45) is 1.67. The molecule has 0 saturated carbocycles. The monoisotopic (exact) mass is 285 g/mol. The van der Waals surface area contributed by atoms with Gasteiger partial charge in [0.2, 0.25) is 0 Å². The molecule has 1 N–H and O–H groups in total. The minimum atomic E-state index is -0.246. The van der Waals surface area contributed by atoms with Gasteiger partial charge in [-0.1, -0.05) is 18.7 Å². The molecule has 110 valence electrons. The normalized spacial score (nSPS) is 10.3. The predicted octanol–water partition coefficient (Wildman–Crippen LogP) is 4.71. The van der Waals surface area contributed by atoms with Gasteiger partial charge in [0, 0.05) is 12.2 Å². The first-order chi connectivity index (χ1) is 10.0. The van der Waals surface area contributed by atoms with Gasteiger partial charge in [-0.15, -0.1) is 0 Å². The fraction of sp³-hybridized carbons (Fsp3) is 0.222. The molecular formula is C18H20FNO. The number of hydrogen-bond acceptors (Lipinski definition) is 2. The summed E-state index contributed by atoms with van der Waals surface area (Å²) in [6, 6.07) is 8.83. The van der Waals surface area contributed by atoms with E-state index in [4.69, 9.17) is 4.74 Å². The average Bonchev–Trinajstić information content (AvgIpc) is 2.45. The Morgan fingerprint density at radius 3 is 2.43 bits per heavy atom. The van der Waals surface area contributed by atoms with Crippen LogP contribution >= 0.6 is 0 Å². The highest BCUT2D eigenvalue weighted by Crippen LogP contribution is 2.27. The van der Waals surface area contributed by atoms with E-state index < -0.39 is 0 Å². The molecule has 0 unspecified atom stereocenters. The first-order valence-electron chi connectivity index (χ1n) is 6.85. The lowest BCUT2D eigenvalue weighted by Crippen LogP contribution is -2.03. The van der Waals surface area contributed by atoms with Crippen LogP contribution < -0.4 is 10.1 Å². The van der Waals surface area contributed by atoms with E-state index in [1.165, 1.54) is 12.1 Å². The highest BCUT2D eigenvalue weighted by atomic mass is 19.1. The van der Waals surface area contributed by atoms with E-state index in [1.807, 2.05) is 26.0 Å². The second-order valence-electron chi connectivity index (χ2n) is 5.04. The number of benzene rings is 2. The number of nitrogens with one attached hydrogen (secondary N) is 1. The highest BCUT2D eigenvalue weighted by Gasteiger charge is 2.06. The van der Waals surface area contributed by atoms with Crippen LogP contribution in [0.3, 0.4) is 0 Å². The number of ether oxygens (including phenoxy) is 1. The summed E-state index contributed by atoms with van der Waals surface area (Å²) >= 11 is 0. The fourth-order valence-corrected chi connectivity index (χ4v) is 2.49. The summed E-state index contributed by atoms with van der Waals surface area (Å²) in [5, 5.41) is 3.36. The second kappa shape index (κ2) is 6.44. The van der Waals surface area contributed by atoms with E-state index in [9.17, 15) is 4.39 Å². The quantitative estimate of drug-likeness (QED) is 0.859. The van der Waals surface area contributed by atoms with Gasteiger partial charge >= 0.3 is 0 Å². The van der Waals surface area contributed by atoms with Gasteiger partial charge in [-0.25, -0.2) is 4.39 Å². The lowest BCUT2D eigenvalue weighted by molar-refractivity contribution is 0.408. The Morgan fingerprint density at radius 1 is 1.19 bits per heavy atom. The topological polar surface area (TPSA) is 21.3 Å². The van der Waals surface area contributed by atoms with E-state index >= 15 is 0 Å². The Morgan fingerprint density at radius 2 is 1.86 bits per heavy atom. The van der Waals surface area contributed by atoms with Gasteiger partial charge in [0.15, 0.2) is 0 Å². The second-order valence-corrected chi connectivity index (χ2v) is 5.04. The summed E-state index contributed by atoms with van der Waals surface area (Å²) in [4.78, 5) is 0. The van der Waals surface area contributed by atoms with E-state index in [1.54, 1.807) is 19.3 Å². The Bertz CT molecular complexity index is 641. The van der Waals surface area contributed by atoms with Gasteiger partial charge in [-0.3, -0.25) is 0 Å². The predicted molar refractivity (Wildman–Crippen MR) is 86.3 cm³/mol. The van der Waals surface area contributed by atoms with Crippen molar-refractivity contribution in [1.29, 1.82) is 0 Å². The maximum Gasteiger partial charge on any atom is 0.124 e. The molecule has 2 nitrogen and oxygen atoms in total. The molecule has 3 heteroatoms. The van der Waals surface area contributed by atoms with Crippen LogP contribution in [0.2, 0.25) is 0 Å². The molecule has 2 rings (SSSR count). The smallest absolute Gasteiger partial charge is 0.124 e. The van der Waals surface area contributed by atoms with Gasteiger partial charge in [0.25, 0.3) is 0 Å². The van der Waals surface area contributed by atoms with Crippen molar-refractivity contribution < 1.29 is 9.13 Å². The van der Waals surface area contributed by atoms with Crippen LogP contribution in [0.5, 0.6) is 5.75 Å². The van der Waals surface area contributed by atoms with Crippen LogP contribution in [0.15, 0.2) is 36.9 Å². The standard InChI is InChI=1S/C18H20FNO/c1-5-14-10-16(19)7-6-15(14)11-20-17-8-12(2)18(21-4)13(3)9-17/h5-10,20H,1,11H2,2-4H3. The van der Waals surface area contributed by atoms with E-state index in [0.717, 1.165) is 33.7 Å². The van der Waals surface area contributed by atoms with Gasteiger partial charge in [-0.05, 0) is 60.4 Å². The van der Waals surface area contributed by atoms with Crippen LogP contribution in [-0.2, 0) is 6.54 Å². The third-order valence-electron chi connectivity index (χ3n) is 3.48. The molecule has 0 heterocycles. The molecular weight excluding hydrogens is 265 g/mol. The van der Waals surface area contributed by atoms with Crippen molar-refractivity contribution in [2.75, 3.05) is 12.4 Å². The average molecular weight is 285 g/mol. The molecule has 0 aromatic heterocycles. The number of hydrogen-bond donors (Lipinski definition) is 1. The van der Waals surface area contributed by atoms with Crippen molar-refractivity contribution in [2.24, 2.45) is 0 Å². The summed E-state index contributed by atoms with van der Waals surface area (Å²) in [7, 11) is 1.68. The first kappa shape index (κ1) is 15.1. The number of rotatable bonds is 5. The van der Waals surface area contributed by atoms with Crippen LogP contribution in [0.25, 0.3) is 6.08 Å². The van der Waals surface area contributed by atoms with Gasteiger partial charge in [-0.2, -0.15) is 0 Å². The molecule has 0 spiro atoms. The van der Waals surface area contributed by atoms with Gasteiger partial charge < -0.3 is 10.1 Å². The van der Waals surface area contributed by atoms with Crippen molar-refractivity contribution in [2.45, 2.75) is 20.4 Å². The Labute approximate surface area is 125 Å². The molecule has 0 atom stereocenters. The number of halogens is 1. The molecule has 21 heavy (non-hydrogen) atoms. The zero-order valence-electron chi connectivity index (χ0n) is 12.7. The first-order valence-corrected chi connectivity index (χ1v) is 6.85. The minimum absolute atomic E-state index is 0.246. The van der Waals surface area contributed by atoms with E-state index in [2.05, 4.69) is 11.9 Å². The van der Waals surface area contributed by atoms with E-state index in [-0.39, 0.29) is 5.82 Å². The third-order valence-corrected chi connectivity index (χ3v) is 3.48. The van der Waals surface area contributed by atoms with Crippen molar-refractivity contribution in [1.82, 2.24) is 0 Å². The summed E-state index contributed by atoms with van der Waals surface area (Å²) in [5.74, 6) is 0.666. The van der Waals surface area contributed by atoms with Gasteiger partial charge in [0.05, 0.1) is 7.11 Å². The molecule has 0 aliphatic heterocycles. The number of anilines is 1. The molecule has 0 fully saturated rings. The van der Waals surface area contributed by atoms with Crippen LogP contribution in [-0.4, -0.2) is 7.11 Å². The number of aryl methyl sites for hydroxylation is 2. The molecule has 0 saturated heterocycles. The largest absolute Gasteiger partial charge is 0.496 e. The summed E-state index contributed by atoms with van der Waals surface area (Å²) < 4.78 is 18.6. The fourth-order valence-electron chi connectivity index (χ4n) is 2.49. The Kier molecular flexibility index (Phi) is 4.63.